The number of primary amides is 1. The fourth-order valence-corrected chi connectivity index (χ4v) is 0.708. The normalized spacial score (nSPS) is 25.0. The van der Waals surface area contributed by atoms with Crippen molar-refractivity contribution < 1.29 is 4.79 Å². The second-order valence-electron chi connectivity index (χ2n) is 2.16. The molecule has 1 aliphatic rings. The molecule has 0 saturated heterocycles. The topological polar surface area (TPSA) is 58.7 Å². The molecule has 1 heterocycles. The molecule has 0 aromatic heterocycles. The van der Waals surface area contributed by atoms with Crippen molar-refractivity contribution in [3.63, 3.8) is 0 Å². The van der Waals surface area contributed by atoms with Gasteiger partial charge in [-0.05, 0) is 0 Å². The molecule has 4 heteroatoms. The minimum atomic E-state index is -0.476. The van der Waals surface area contributed by atoms with Gasteiger partial charge in [0.25, 0.3) is 0 Å². The van der Waals surface area contributed by atoms with Gasteiger partial charge in [0.2, 0.25) is 0 Å². The number of nitrogens with two attached hydrogens (primary N) is 1. The molecule has 0 fully saturated rings. The van der Waals surface area contributed by atoms with Crippen LogP contribution in [-0.4, -0.2) is 23.8 Å². The van der Waals surface area contributed by atoms with Gasteiger partial charge in [-0.1, -0.05) is 6.92 Å². The molecule has 0 aromatic rings. The largest absolute Gasteiger partial charge is 0.350 e. The summed E-state index contributed by atoms with van der Waals surface area (Å²) in [6.45, 7) is 2.60. The van der Waals surface area contributed by atoms with Crippen molar-refractivity contribution in [1.29, 1.82) is 0 Å². The van der Waals surface area contributed by atoms with E-state index in [0.717, 1.165) is 0 Å². The van der Waals surface area contributed by atoms with E-state index in [9.17, 15) is 4.79 Å². The molecular weight excluding hydrogens is 118 g/mol. The van der Waals surface area contributed by atoms with Crippen molar-refractivity contribution in [2.45, 2.75) is 6.92 Å². The minimum Gasteiger partial charge on any atom is -0.350 e. The highest BCUT2D eigenvalue weighted by Gasteiger charge is 2.16. The Bertz CT molecular complexity index is 154. The maximum Gasteiger partial charge on any atom is 0.335 e. The Kier molecular flexibility index (Phi) is 1.38. The Morgan fingerprint density at radius 2 is 2.67 bits per heavy atom. The fourth-order valence-electron chi connectivity index (χ4n) is 0.708. The number of rotatable bonds is 0. The third kappa shape index (κ3) is 1.19. The molecule has 0 aliphatic carbocycles. The average Bonchev–Trinajstić information content (AvgIpc) is 2.14. The standard InChI is InChI=1S/C5H9N3O/c1-4-2-7-8(3-4)5(6)9/h2,4H,3H2,1H3,(H2,6,9). The van der Waals surface area contributed by atoms with Crippen LogP contribution in [0.4, 0.5) is 4.79 Å². The van der Waals surface area contributed by atoms with E-state index in [1.54, 1.807) is 6.21 Å². The van der Waals surface area contributed by atoms with Crippen molar-refractivity contribution in [2.75, 3.05) is 6.54 Å². The summed E-state index contributed by atoms with van der Waals surface area (Å²) in [4.78, 5) is 10.4. The minimum absolute atomic E-state index is 0.345. The smallest absolute Gasteiger partial charge is 0.335 e. The molecule has 0 radical (unpaired) electrons. The van der Waals surface area contributed by atoms with E-state index in [-0.39, 0.29) is 0 Å². The molecule has 50 valence electrons. The van der Waals surface area contributed by atoms with Gasteiger partial charge in [0, 0.05) is 12.1 Å². The Morgan fingerprint density at radius 3 is 2.89 bits per heavy atom. The van der Waals surface area contributed by atoms with Crippen LogP contribution in [-0.2, 0) is 0 Å². The molecule has 1 unspecified atom stereocenters. The van der Waals surface area contributed by atoms with Crippen molar-refractivity contribution in [3.8, 4) is 0 Å². The first-order valence-corrected chi connectivity index (χ1v) is 2.81. The van der Waals surface area contributed by atoms with E-state index in [1.807, 2.05) is 6.92 Å². The highest BCUT2D eigenvalue weighted by Crippen LogP contribution is 2.04. The first kappa shape index (κ1) is 6.07. The summed E-state index contributed by atoms with van der Waals surface area (Å²) in [6.07, 6.45) is 1.71. The molecule has 1 rings (SSSR count). The number of amides is 2. The molecule has 9 heavy (non-hydrogen) atoms. The molecular formula is C5H9N3O. The number of hydrogen-bond acceptors (Lipinski definition) is 2. The van der Waals surface area contributed by atoms with Crippen LogP contribution in [0.1, 0.15) is 6.92 Å². The van der Waals surface area contributed by atoms with Gasteiger partial charge >= 0.3 is 6.03 Å². The van der Waals surface area contributed by atoms with Gasteiger partial charge in [-0.15, -0.1) is 0 Å². The lowest BCUT2D eigenvalue weighted by atomic mass is 10.2. The highest BCUT2D eigenvalue weighted by atomic mass is 16.2. The van der Waals surface area contributed by atoms with Crippen LogP contribution in [0.5, 0.6) is 0 Å². The molecule has 2 amide bonds. The van der Waals surface area contributed by atoms with Crippen molar-refractivity contribution in [3.05, 3.63) is 0 Å². The Labute approximate surface area is 53.3 Å². The van der Waals surface area contributed by atoms with Crippen LogP contribution in [0.15, 0.2) is 5.10 Å². The van der Waals surface area contributed by atoms with Gasteiger partial charge < -0.3 is 5.73 Å². The van der Waals surface area contributed by atoms with Crippen LogP contribution in [0.3, 0.4) is 0 Å². The van der Waals surface area contributed by atoms with E-state index in [0.29, 0.717) is 12.5 Å². The molecule has 0 saturated carbocycles. The van der Waals surface area contributed by atoms with E-state index in [2.05, 4.69) is 5.10 Å². The van der Waals surface area contributed by atoms with Gasteiger partial charge in [0.15, 0.2) is 0 Å². The number of carbonyl (C=O) groups is 1. The predicted octanol–water partition coefficient (Wildman–Crippen LogP) is 0.00260. The van der Waals surface area contributed by atoms with Gasteiger partial charge in [-0.25, -0.2) is 9.80 Å². The Balaban J connectivity index is 2.50. The monoisotopic (exact) mass is 127 g/mol. The van der Waals surface area contributed by atoms with Crippen molar-refractivity contribution >= 4 is 12.2 Å². The van der Waals surface area contributed by atoms with Crippen LogP contribution in [0.25, 0.3) is 0 Å². The zero-order valence-electron chi connectivity index (χ0n) is 5.24. The molecule has 1 aliphatic heterocycles. The molecule has 0 bridgehead atoms. The average molecular weight is 127 g/mol. The summed E-state index contributed by atoms with van der Waals surface area (Å²) in [7, 11) is 0. The van der Waals surface area contributed by atoms with E-state index >= 15 is 0 Å². The van der Waals surface area contributed by atoms with E-state index in [1.165, 1.54) is 5.01 Å². The van der Waals surface area contributed by atoms with Crippen LogP contribution in [0.2, 0.25) is 0 Å². The molecule has 1 atom stereocenters. The number of hydrogen-bond donors (Lipinski definition) is 1. The Hall–Kier alpha value is -1.06. The first-order valence-electron chi connectivity index (χ1n) is 2.81. The third-order valence-corrected chi connectivity index (χ3v) is 1.18. The SMILES string of the molecule is CC1C=NN(C(N)=O)C1. The summed E-state index contributed by atoms with van der Waals surface area (Å²) in [6, 6.07) is -0.476. The lowest BCUT2D eigenvalue weighted by molar-refractivity contribution is 0.212. The van der Waals surface area contributed by atoms with Gasteiger partial charge in [-0.2, -0.15) is 5.10 Å². The fraction of sp³-hybridized carbons (Fsp3) is 0.600. The van der Waals surface area contributed by atoms with Crippen LogP contribution in [0, 0.1) is 5.92 Å². The van der Waals surface area contributed by atoms with E-state index < -0.39 is 6.03 Å². The van der Waals surface area contributed by atoms with Gasteiger partial charge in [-0.3, -0.25) is 0 Å². The summed E-state index contributed by atoms with van der Waals surface area (Å²) in [5.74, 6) is 0.345. The third-order valence-electron chi connectivity index (χ3n) is 1.18. The second-order valence-corrected chi connectivity index (χ2v) is 2.16. The number of carbonyl (C=O) groups excluding carboxylic acids is 1. The Morgan fingerprint density at radius 1 is 2.00 bits per heavy atom. The van der Waals surface area contributed by atoms with Gasteiger partial charge in [0.05, 0.1) is 6.54 Å². The molecule has 2 N–H and O–H groups in total. The maximum absolute atomic E-state index is 10.4. The summed E-state index contributed by atoms with van der Waals surface area (Å²) in [5, 5.41) is 5.00. The number of urea groups is 1. The van der Waals surface area contributed by atoms with Crippen LogP contribution < -0.4 is 5.73 Å². The molecule has 0 aromatic carbocycles. The second kappa shape index (κ2) is 2.05. The van der Waals surface area contributed by atoms with Crippen LogP contribution >= 0.6 is 0 Å². The van der Waals surface area contributed by atoms with Crippen molar-refractivity contribution in [2.24, 2.45) is 16.8 Å². The quantitative estimate of drug-likeness (QED) is 0.489. The number of hydrazone groups is 1. The lowest BCUT2D eigenvalue weighted by Gasteiger charge is -2.07. The molecule has 0 spiro atoms. The number of nitrogens with zero attached hydrogens (tertiary/aromatic N) is 2. The summed E-state index contributed by atoms with van der Waals surface area (Å²) >= 11 is 0. The van der Waals surface area contributed by atoms with Gasteiger partial charge in [0.1, 0.15) is 0 Å². The van der Waals surface area contributed by atoms with E-state index in [4.69, 9.17) is 5.73 Å². The molecule has 4 nitrogen and oxygen atoms in total. The predicted molar refractivity (Wildman–Crippen MR) is 33.9 cm³/mol. The zero-order chi connectivity index (χ0) is 6.85. The summed E-state index contributed by atoms with van der Waals surface area (Å²) in [5.41, 5.74) is 4.93. The first-order chi connectivity index (χ1) is 4.20. The lowest BCUT2D eigenvalue weighted by Crippen LogP contribution is -2.30. The highest BCUT2D eigenvalue weighted by molar-refractivity contribution is 5.76. The zero-order valence-corrected chi connectivity index (χ0v) is 5.24. The summed E-state index contributed by atoms with van der Waals surface area (Å²) < 4.78 is 0. The maximum atomic E-state index is 10.4. The van der Waals surface area contributed by atoms with Crippen molar-refractivity contribution in [1.82, 2.24) is 5.01 Å².